The molecule has 4 heteroatoms. The van der Waals surface area contributed by atoms with E-state index >= 15 is 0 Å². The van der Waals surface area contributed by atoms with Crippen molar-refractivity contribution in [2.75, 3.05) is 12.4 Å². The van der Waals surface area contributed by atoms with E-state index in [2.05, 4.69) is 5.32 Å². The molecule has 3 nitrogen and oxygen atoms in total. The Labute approximate surface area is 94.6 Å². The molecule has 1 aliphatic heterocycles. The maximum atomic E-state index is 13.4. The molecule has 1 amide bonds. The highest BCUT2D eigenvalue weighted by atomic mass is 19.1. The number of hydrogen-bond acceptors (Lipinski definition) is 2. The van der Waals surface area contributed by atoms with E-state index in [0.29, 0.717) is 24.3 Å². The van der Waals surface area contributed by atoms with Crippen LogP contribution in [0.5, 0.6) is 5.75 Å². The van der Waals surface area contributed by atoms with E-state index in [-0.39, 0.29) is 5.91 Å². The van der Waals surface area contributed by atoms with Gasteiger partial charge in [0.15, 0.2) is 5.82 Å². The topological polar surface area (TPSA) is 38.3 Å². The second-order valence-electron chi connectivity index (χ2n) is 3.19. The van der Waals surface area contributed by atoms with E-state index in [1.165, 1.54) is 13.2 Å². The third-order valence-corrected chi connectivity index (χ3v) is 2.27. The third kappa shape index (κ3) is 2.51. The normalized spacial score (nSPS) is 13.1. The van der Waals surface area contributed by atoms with Crippen molar-refractivity contribution in [2.45, 2.75) is 26.7 Å². The second-order valence-corrected chi connectivity index (χ2v) is 3.19. The molecule has 1 heterocycles. The molecule has 0 radical (unpaired) electrons. The Bertz CT molecular complexity index is 391. The molecular weight excluding hydrogens is 209 g/mol. The summed E-state index contributed by atoms with van der Waals surface area (Å²) in [4.78, 5) is 11.0. The van der Waals surface area contributed by atoms with Gasteiger partial charge in [0, 0.05) is 12.5 Å². The lowest BCUT2D eigenvalue weighted by Gasteiger charge is -2.18. The van der Waals surface area contributed by atoms with Crippen molar-refractivity contribution in [1.29, 1.82) is 0 Å². The van der Waals surface area contributed by atoms with Crippen LogP contribution in [0.4, 0.5) is 10.1 Å². The lowest BCUT2D eigenvalue weighted by molar-refractivity contribution is -0.116. The van der Waals surface area contributed by atoms with Crippen molar-refractivity contribution < 1.29 is 13.9 Å². The van der Waals surface area contributed by atoms with Gasteiger partial charge in [-0.05, 0) is 18.1 Å². The Morgan fingerprint density at radius 3 is 2.62 bits per heavy atom. The SMILES string of the molecule is CC.COc1cc(F)c2c(c1)CCC(=O)N2. The highest BCUT2D eigenvalue weighted by Gasteiger charge is 2.19. The Morgan fingerprint density at radius 1 is 1.31 bits per heavy atom. The van der Waals surface area contributed by atoms with Gasteiger partial charge in [-0.2, -0.15) is 0 Å². The van der Waals surface area contributed by atoms with Gasteiger partial charge in [0.05, 0.1) is 12.8 Å². The smallest absolute Gasteiger partial charge is 0.224 e. The van der Waals surface area contributed by atoms with E-state index in [1.54, 1.807) is 6.07 Å². The van der Waals surface area contributed by atoms with Crippen LogP contribution in [0.15, 0.2) is 12.1 Å². The highest BCUT2D eigenvalue weighted by molar-refractivity contribution is 5.94. The third-order valence-electron chi connectivity index (χ3n) is 2.27. The first-order valence-electron chi connectivity index (χ1n) is 5.37. The summed E-state index contributed by atoms with van der Waals surface area (Å²) in [6, 6.07) is 3.02. The summed E-state index contributed by atoms with van der Waals surface area (Å²) in [6.07, 6.45) is 0.967. The van der Waals surface area contributed by atoms with Crippen molar-refractivity contribution in [2.24, 2.45) is 0 Å². The molecule has 0 spiro atoms. The molecule has 0 bridgehead atoms. The van der Waals surface area contributed by atoms with Crippen LogP contribution in [-0.4, -0.2) is 13.0 Å². The minimum Gasteiger partial charge on any atom is -0.497 e. The maximum absolute atomic E-state index is 13.4. The fraction of sp³-hybridized carbons (Fsp3) is 0.417. The zero-order chi connectivity index (χ0) is 12.1. The van der Waals surface area contributed by atoms with Gasteiger partial charge in [-0.1, -0.05) is 13.8 Å². The number of hydrogen-bond donors (Lipinski definition) is 1. The van der Waals surface area contributed by atoms with Gasteiger partial charge in [0.1, 0.15) is 5.75 Å². The first kappa shape index (κ1) is 12.5. The zero-order valence-electron chi connectivity index (χ0n) is 9.76. The molecular formula is C12H16FNO2. The summed E-state index contributed by atoms with van der Waals surface area (Å²) in [5, 5.41) is 2.51. The number of anilines is 1. The van der Waals surface area contributed by atoms with Crippen molar-refractivity contribution in [3.63, 3.8) is 0 Å². The highest BCUT2D eigenvalue weighted by Crippen LogP contribution is 2.29. The van der Waals surface area contributed by atoms with E-state index < -0.39 is 5.82 Å². The number of amides is 1. The molecule has 0 fully saturated rings. The van der Waals surface area contributed by atoms with Gasteiger partial charge in [0.2, 0.25) is 5.91 Å². The summed E-state index contributed by atoms with van der Waals surface area (Å²) in [5.74, 6) is -0.0913. The number of rotatable bonds is 1. The number of carbonyl (C=O) groups excluding carboxylic acids is 1. The summed E-state index contributed by atoms with van der Waals surface area (Å²) in [7, 11) is 1.49. The molecule has 0 saturated heterocycles. The predicted molar refractivity (Wildman–Crippen MR) is 61.3 cm³/mol. The monoisotopic (exact) mass is 225 g/mol. The number of ether oxygens (including phenoxy) is 1. The number of nitrogens with one attached hydrogen (secondary N) is 1. The van der Waals surface area contributed by atoms with E-state index in [4.69, 9.17) is 4.74 Å². The van der Waals surface area contributed by atoms with Crippen LogP contribution in [-0.2, 0) is 11.2 Å². The lowest BCUT2D eigenvalue weighted by Crippen LogP contribution is -2.20. The molecule has 1 aromatic carbocycles. The predicted octanol–water partition coefficient (Wildman–Crippen LogP) is 2.75. The lowest BCUT2D eigenvalue weighted by atomic mass is 10.0. The maximum Gasteiger partial charge on any atom is 0.224 e. The van der Waals surface area contributed by atoms with Gasteiger partial charge in [-0.25, -0.2) is 4.39 Å². The van der Waals surface area contributed by atoms with Crippen LogP contribution in [0, 0.1) is 5.82 Å². The molecule has 1 aromatic rings. The molecule has 0 saturated carbocycles. The fourth-order valence-corrected chi connectivity index (χ4v) is 1.54. The fourth-order valence-electron chi connectivity index (χ4n) is 1.54. The quantitative estimate of drug-likeness (QED) is 0.798. The number of halogens is 1. The van der Waals surface area contributed by atoms with E-state index in [9.17, 15) is 9.18 Å². The van der Waals surface area contributed by atoms with Gasteiger partial charge in [-0.3, -0.25) is 4.79 Å². The Balaban J connectivity index is 0.000000606. The van der Waals surface area contributed by atoms with Crippen LogP contribution in [0.1, 0.15) is 25.8 Å². The van der Waals surface area contributed by atoms with Crippen LogP contribution in [0.25, 0.3) is 0 Å². The van der Waals surface area contributed by atoms with Crippen LogP contribution in [0.2, 0.25) is 0 Å². The molecule has 1 N–H and O–H groups in total. The minimum atomic E-state index is -0.438. The van der Waals surface area contributed by atoms with Crippen molar-refractivity contribution in [3.05, 3.63) is 23.5 Å². The standard InChI is InChI=1S/C10H10FNO2.C2H6/c1-14-7-4-6-2-3-9(13)12-10(6)8(11)5-7;1-2/h4-5H,2-3H2,1H3,(H,12,13);1-2H3. The summed E-state index contributed by atoms with van der Waals surface area (Å²) < 4.78 is 18.3. The average molecular weight is 225 g/mol. The Kier molecular flexibility index (Phi) is 4.28. The van der Waals surface area contributed by atoms with Crippen LogP contribution < -0.4 is 10.1 Å². The average Bonchev–Trinajstić information content (AvgIpc) is 2.32. The number of benzene rings is 1. The van der Waals surface area contributed by atoms with Crippen molar-refractivity contribution >= 4 is 11.6 Å². The Hall–Kier alpha value is -1.58. The second kappa shape index (κ2) is 5.49. The van der Waals surface area contributed by atoms with Crippen LogP contribution >= 0.6 is 0 Å². The van der Waals surface area contributed by atoms with E-state index in [1.807, 2.05) is 13.8 Å². The van der Waals surface area contributed by atoms with Crippen molar-refractivity contribution in [1.82, 2.24) is 0 Å². The van der Waals surface area contributed by atoms with Gasteiger partial charge < -0.3 is 10.1 Å². The number of aryl methyl sites for hydroxylation is 1. The summed E-state index contributed by atoms with van der Waals surface area (Å²) >= 11 is 0. The van der Waals surface area contributed by atoms with Gasteiger partial charge in [-0.15, -0.1) is 0 Å². The van der Waals surface area contributed by atoms with E-state index in [0.717, 1.165) is 5.56 Å². The minimum absolute atomic E-state index is 0.137. The number of methoxy groups -OCH3 is 1. The molecule has 0 atom stereocenters. The molecule has 2 rings (SSSR count). The molecule has 0 aromatic heterocycles. The van der Waals surface area contributed by atoms with Crippen molar-refractivity contribution in [3.8, 4) is 5.75 Å². The first-order chi connectivity index (χ1) is 7.70. The van der Waals surface area contributed by atoms with Crippen LogP contribution in [0.3, 0.4) is 0 Å². The number of carbonyl (C=O) groups is 1. The summed E-state index contributed by atoms with van der Waals surface area (Å²) in [6.45, 7) is 4.00. The summed E-state index contributed by atoms with van der Waals surface area (Å²) in [5.41, 5.74) is 1.09. The number of fused-ring (bicyclic) bond motifs is 1. The largest absolute Gasteiger partial charge is 0.497 e. The van der Waals surface area contributed by atoms with Gasteiger partial charge in [0.25, 0.3) is 0 Å². The molecule has 88 valence electrons. The molecule has 0 unspecified atom stereocenters. The van der Waals surface area contributed by atoms with Gasteiger partial charge >= 0.3 is 0 Å². The Morgan fingerprint density at radius 2 is 2.00 bits per heavy atom. The zero-order valence-corrected chi connectivity index (χ0v) is 9.76. The molecule has 16 heavy (non-hydrogen) atoms. The first-order valence-corrected chi connectivity index (χ1v) is 5.37. The molecule has 1 aliphatic rings. The molecule has 0 aliphatic carbocycles.